The predicted molar refractivity (Wildman–Crippen MR) is 164 cm³/mol. The van der Waals surface area contributed by atoms with Gasteiger partial charge in [0.15, 0.2) is 35.9 Å². The molecule has 0 aromatic heterocycles. The smallest absolute Gasteiger partial charge is 0.260 e. The molecule has 12 heteroatoms. The van der Waals surface area contributed by atoms with E-state index in [1.807, 2.05) is 53.4 Å². The van der Waals surface area contributed by atoms with E-state index < -0.39 is 6.17 Å². The highest BCUT2D eigenvalue weighted by molar-refractivity contribution is 9.10. The zero-order chi connectivity index (χ0) is 29.8. The lowest BCUT2D eigenvalue weighted by atomic mass is 10.1. The van der Waals surface area contributed by atoms with Gasteiger partial charge in [-0.25, -0.2) is 5.01 Å². The molecule has 0 aliphatic carbocycles. The second-order valence-corrected chi connectivity index (χ2v) is 10.8. The summed E-state index contributed by atoms with van der Waals surface area (Å²) >= 11 is 9.81. The Labute approximate surface area is 257 Å². The largest absolute Gasteiger partial charge is 0.497 e. The van der Waals surface area contributed by atoms with Gasteiger partial charge in [-0.1, -0.05) is 11.6 Å². The van der Waals surface area contributed by atoms with Crippen molar-refractivity contribution in [1.29, 1.82) is 0 Å². The quantitative estimate of drug-likeness (QED) is 0.307. The summed E-state index contributed by atoms with van der Waals surface area (Å²) in [5, 5.41) is 7.11. The number of ether oxygens (including phenoxy) is 4. The van der Waals surface area contributed by atoms with Gasteiger partial charge in [0, 0.05) is 36.3 Å². The first-order valence-corrected chi connectivity index (χ1v) is 14.4. The Morgan fingerprint density at radius 2 is 1.67 bits per heavy atom. The van der Waals surface area contributed by atoms with Gasteiger partial charge in [0.2, 0.25) is 0 Å². The van der Waals surface area contributed by atoms with E-state index in [4.69, 9.17) is 35.6 Å². The fraction of sp³-hybridized carbons (Fsp3) is 0.300. The summed E-state index contributed by atoms with van der Waals surface area (Å²) < 4.78 is 23.0. The molecule has 1 atom stereocenters. The summed E-state index contributed by atoms with van der Waals surface area (Å²) in [6.07, 6.45) is -0.590. The number of carbonyl (C=O) groups excluding carboxylic acids is 2. The minimum atomic E-state index is -0.590. The summed E-state index contributed by atoms with van der Waals surface area (Å²) in [5.41, 5.74) is 2.21. The number of rotatable bonds is 9. The van der Waals surface area contributed by atoms with E-state index in [1.165, 1.54) is 14.0 Å². The molecule has 2 aliphatic heterocycles. The maximum absolute atomic E-state index is 12.9. The second-order valence-electron chi connectivity index (χ2n) is 9.56. The van der Waals surface area contributed by atoms with Crippen LogP contribution in [-0.4, -0.2) is 69.6 Å². The van der Waals surface area contributed by atoms with Crippen LogP contribution in [0.1, 0.15) is 18.7 Å². The number of morpholine rings is 1. The minimum Gasteiger partial charge on any atom is -0.497 e. The Morgan fingerprint density at radius 1 is 1.00 bits per heavy atom. The summed E-state index contributed by atoms with van der Waals surface area (Å²) in [5.74, 6) is 1.40. The van der Waals surface area contributed by atoms with E-state index in [9.17, 15) is 9.59 Å². The molecule has 0 unspecified atom stereocenters. The maximum Gasteiger partial charge on any atom is 0.260 e. The van der Waals surface area contributed by atoms with Crippen LogP contribution in [0.3, 0.4) is 0 Å². The van der Waals surface area contributed by atoms with E-state index in [-0.39, 0.29) is 24.1 Å². The topological polar surface area (TPSA) is 93.1 Å². The van der Waals surface area contributed by atoms with Gasteiger partial charge in [0.25, 0.3) is 5.91 Å². The molecule has 1 saturated heterocycles. The van der Waals surface area contributed by atoms with Crippen molar-refractivity contribution in [3.05, 3.63) is 75.7 Å². The zero-order valence-electron chi connectivity index (χ0n) is 23.4. The highest BCUT2D eigenvalue weighted by atomic mass is 79.9. The molecule has 2 heterocycles. The van der Waals surface area contributed by atoms with Crippen molar-refractivity contribution in [2.24, 2.45) is 5.10 Å². The molecule has 1 amide bonds. The van der Waals surface area contributed by atoms with Crippen molar-refractivity contribution in [3.8, 4) is 17.2 Å². The molecule has 0 saturated carbocycles. The summed E-state index contributed by atoms with van der Waals surface area (Å²) in [6, 6.07) is 18.3. The number of hydrazone groups is 1. The third kappa shape index (κ3) is 6.18. The standard InChI is InChI=1S/C30H30BrClN4O6/c1-19(37)29-33-36(23-6-4-21(32)5-7-23)30(35(29)22-8-10-24(39-2)11-9-22)20-16-25(31)28(26(17-20)40-3)42-18-27(38)34-12-14-41-15-13-34/h4-11,16-17,30H,12-15,18H2,1-3H3/t30-/m0/s1. The lowest BCUT2D eigenvalue weighted by Crippen LogP contribution is -2.43. The third-order valence-electron chi connectivity index (χ3n) is 6.92. The third-order valence-corrected chi connectivity index (χ3v) is 7.76. The van der Waals surface area contributed by atoms with E-state index >= 15 is 0 Å². The molecule has 0 bridgehead atoms. The normalized spacial score (nSPS) is 16.7. The lowest BCUT2D eigenvalue weighted by molar-refractivity contribution is -0.137. The molecular weight excluding hydrogens is 628 g/mol. The Bertz CT molecular complexity index is 1480. The van der Waals surface area contributed by atoms with Gasteiger partial charge in [-0.2, -0.15) is 0 Å². The number of amides is 1. The van der Waals surface area contributed by atoms with E-state index in [0.29, 0.717) is 53.0 Å². The number of amidine groups is 1. The van der Waals surface area contributed by atoms with Gasteiger partial charge in [0.05, 0.1) is 37.6 Å². The van der Waals surface area contributed by atoms with Crippen LogP contribution >= 0.6 is 27.5 Å². The Balaban J connectivity index is 1.55. The minimum absolute atomic E-state index is 0.133. The number of methoxy groups -OCH3 is 2. The maximum atomic E-state index is 12.9. The van der Waals surface area contributed by atoms with Gasteiger partial charge in [0.1, 0.15) is 5.75 Å². The SMILES string of the molecule is COc1ccc(N2C(C(C)=O)=NN(c3ccc(Cl)cc3)[C@H]2c2cc(Br)c(OCC(=O)N3CCOCC3)c(OC)c2)cc1. The molecule has 0 radical (unpaired) electrons. The van der Waals surface area contributed by atoms with Crippen molar-refractivity contribution < 1.29 is 28.5 Å². The van der Waals surface area contributed by atoms with Crippen LogP contribution in [0.5, 0.6) is 17.2 Å². The van der Waals surface area contributed by atoms with Crippen LogP contribution in [0, 0.1) is 0 Å². The number of Topliss-reactive ketones (excluding diaryl/α,β-unsaturated/α-hetero) is 1. The molecule has 220 valence electrons. The Morgan fingerprint density at radius 3 is 2.29 bits per heavy atom. The molecule has 3 aromatic rings. The molecule has 42 heavy (non-hydrogen) atoms. The fourth-order valence-corrected chi connectivity index (χ4v) is 5.53. The van der Waals surface area contributed by atoms with E-state index in [2.05, 4.69) is 15.9 Å². The monoisotopic (exact) mass is 656 g/mol. The number of benzene rings is 3. The van der Waals surface area contributed by atoms with E-state index in [1.54, 1.807) is 29.2 Å². The van der Waals surface area contributed by atoms with Gasteiger partial charge in [-0.05, 0) is 76.6 Å². The number of hydrogen-bond donors (Lipinski definition) is 0. The van der Waals surface area contributed by atoms with Crippen LogP contribution < -0.4 is 24.1 Å². The van der Waals surface area contributed by atoms with Gasteiger partial charge >= 0.3 is 0 Å². The van der Waals surface area contributed by atoms with Crippen molar-refractivity contribution in [1.82, 2.24) is 4.90 Å². The number of anilines is 2. The zero-order valence-corrected chi connectivity index (χ0v) is 25.7. The van der Waals surface area contributed by atoms with Crippen molar-refractivity contribution in [2.75, 3.05) is 57.0 Å². The molecule has 2 aliphatic rings. The van der Waals surface area contributed by atoms with E-state index in [0.717, 1.165) is 16.9 Å². The molecule has 0 spiro atoms. The van der Waals surface area contributed by atoms with Crippen molar-refractivity contribution >= 4 is 56.4 Å². The number of halogens is 2. The molecule has 3 aromatic carbocycles. The van der Waals surface area contributed by atoms with Crippen LogP contribution in [-0.2, 0) is 14.3 Å². The molecular formula is C30H30BrClN4O6. The van der Waals surface area contributed by atoms with Gasteiger partial charge in [-0.3, -0.25) is 14.5 Å². The Hall–Kier alpha value is -3.80. The summed E-state index contributed by atoms with van der Waals surface area (Å²) in [4.78, 5) is 29.3. The number of ketones is 1. The summed E-state index contributed by atoms with van der Waals surface area (Å²) in [7, 11) is 3.13. The van der Waals surface area contributed by atoms with Gasteiger partial charge < -0.3 is 23.8 Å². The Kier molecular flexibility index (Phi) is 9.20. The second kappa shape index (κ2) is 13.0. The molecule has 5 rings (SSSR count). The van der Waals surface area contributed by atoms with Crippen LogP contribution in [0.15, 0.2) is 70.2 Å². The first-order chi connectivity index (χ1) is 20.3. The average molecular weight is 658 g/mol. The van der Waals surface area contributed by atoms with Gasteiger partial charge in [-0.15, -0.1) is 5.10 Å². The molecule has 1 fully saturated rings. The number of carbonyl (C=O) groups is 2. The van der Waals surface area contributed by atoms with Crippen molar-refractivity contribution in [2.45, 2.75) is 13.1 Å². The van der Waals surface area contributed by atoms with Crippen LogP contribution in [0.2, 0.25) is 5.02 Å². The average Bonchev–Trinajstić information content (AvgIpc) is 3.42. The van der Waals surface area contributed by atoms with Crippen molar-refractivity contribution in [3.63, 3.8) is 0 Å². The van der Waals surface area contributed by atoms with Crippen LogP contribution in [0.25, 0.3) is 0 Å². The molecule has 10 nitrogen and oxygen atoms in total. The lowest BCUT2D eigenvalue weighted by Gasteiger charge is -2.32. The fourth-order valence-electron chi connectivity index (χ4n) is 4.83. The highest BCUT2D eigenvalue weighted by Crippen LogP contribution is 2.44. The number of nitrogens with zero attached hydrogens (tertiary/aromatic N) is 4. The molecule has 0 N–H and O–H groups in total. The number of hydrogen-bond acceptors (Lipinski definition) is 9. The van der Waals surface area contributed by atoms with Crippen LogP contribution in [0.4, 0.5) is 11.4 Å². The predicted octanol–water partition coefficient (Wildman–Crippen LogP) is 5.29. The first-order valence-electron chi connectivity index (χ1n) is 13.2. The first kappa shape index (κ1) is 29.7. The highest BCUT2D eigenvalue weighted by Gasteiger charge is 2.40. The summed E-state index contributed by atoms with van der Waals surface area (Å²) in [6.45, 7) is 3.41.